The van der Waals surface area contributed by atoms with E-state index in [4.69, 9.17) is 16.3 Å². The molecule has 0 saturated heterocycles. The van der Waals surface area contributed by atoms with Crippen molar-refractivity contribution in [2.45, 2.75) is 6.42 Å². The Morgan fingerprint density at radius 1 is 1.24 bits per heavy atom. The largest absolute Gasteiger partial charge is 0.507 e. The first kappa shape index (κ1) is 16.9. The molecule has 0 bridgehead atoms. The number of carbonyl (C=O) groups is 1. The third-order valence-corrected chi connectivity index (χ3v) is 4.14. The lowest BCUT2D eigenvalue weighted by Gasteiger charge is -2.08. The van der Waals surface area contributed by atoms with E-state index in [2.05, 4.69) is 10.2 Å². The quantitative estimate of drug-likeness (QED) is 0.722. The van der Waals surface area contributed by atoms with Crippen LogP contribution in [0.1, 0.15) is 22.5 Å². The molecule has 0 fully saturated rings. The van der Waals surface area contributed by atoms with Gasteiger partial charge in [0.25, 0.3) is 0 Å². The number of allylic oxidation sites excluding steroid dienone is 5. The van der Waals surface area contributed by atoms with E-state index in [0.29, 0.717) is 35.3 Å². The molecule has 0 aliphatic heterocycles. The lowest BCUT2D eigenvalue weighted by molar-refractivity contribution is 0.111. The van der Waals surface area contributed by atoms with E-state index in [1.807, 2.05) is 18.2 Å². The van der Waals surface area contributed by atoms with Gasteiger partial charge in [0.1, 0.15) is 28.6 Å². The summed E-state index contributed by atoms with van der Waals surface area (Å²) >= 11 is 5.96. The number of H-pyrrole nitrogens is 1. The number of hydrogen-bond acceptors (Lipinski definition) is 5. The normalized spacial score (nSPS) is 13.8. The number of phenols is 2. The second-order valence-electron chi connectivity index (χ2n) is 5.34. The number of carbonyl (C=O) groups excluding carboxylic acids is 1. The van der Waals surface area contributed by atoms with Gasteiger partial charge in [0.2, 0.25) is 0 Å². The maximum Gasteiger partial charge on any atom is 0.168 e. The summed E-state index contributed by atoms with van der Waals surface area (Å²) in [5.74, 6) is 0.276. The predicted octanol–water partition coefficient (Wildman–Crippen LogP) is 3.83. The van der Waals surface area contributed by atoms with E-state index < -0.39 is 0 Å². The molecule has 1 aromatic carbocycles. The van der Waals surface area contributed by atoms with Gasteiger partial charge < -0.3 is 14.9 Å². The van der Waals surface area contributed by atoms with Gasteiger partial charge in [0.15, 0.2) is 6.29 Å². The second kappa shape index (κ2) is 6.86. The maximum absolute atomic E-state index is 11.4. The molecule has 0 radical (unpaired) electrons. The molecule has 25 heavy (non-hydrogen) atoms. The Morgan fingerprint density at radius 3 is 2.76 bits per heavy atom. The number of halogens is 1. The molecule has 7 heteroatoms. The zero-order valence-corrected chi connectivity index (χ0v) is 14.0. The third-order valence-electron chi connectivity index (χ3n) is 3.84. The zero-order valence-electron chi connectivity index (χ0n) is 13.3. The molecular formula is C18H15ClN2O4. The number of rotatable bonds is 4. The summed E-state index contributed by atoms with van der Waals surface area (Å²) < 4.78 is 5.22. The smallest absolute Gasteiger partial charge is 0.168 e. The SMILES string of the molecule is COC1=CCC=C(c2c(-c3cc(Cl)c(O)cc3O)n[nH]c2C=O)C=C1. The van der Waals surface area contributed by atoms with Crippen molar-refractivity contribution < 1.29 is 19.7 Å². The highest BCUT2D eigenvalue weighted by Gasteiger charge is 2.21. The molecular weight excluding hydrogens is 344 g/mol. The van der Waals surface area contributed by atoms with Crippen LogP contribution < -0.4 is 0 Å². The third kappa shape index (κ3) is 3.16. The summed E-state index contributed by atoms with van der Waals surface area (Å²) in [4.78, 5) is 11.4. The number of nitrogens with one attached hydrogen (secondary N) is 1. The van der Waals surface area contributed by atoms with Gasteiger partial charge in [-0.2, -0.15) is 5.10 Å². The van der Waals surface area contributed by atoms with Crippen molar-refractivity contribution in [3.63, 3.8) is 0 Å². The van der Waals surface area contributed by atoms with E-state index in [-0.39, 0.29) is 22.2 Å². The van der Waals surface area contributed by atoms with Gasteiger partial charge in [0, 0.05) is 17.2 Å². The molecule has 2 aromatic rings. The van der Waals surface area contributed by atoms with E-state index in [0.717, 1.165) is 11.6 Å². The van der Waals surface area contributed by atoms with Crippen molar-refractivity contribution >= 4 is 23.5 Å². The number of benzene rings is 1. The Labute approximate surface area is 148 Å². The molecule has 0 saturated carbocycles. The van der Waals surface area contributed by atoms with Crippen molar-refractivity contribution in [3.05, 3.63) is 58.5 Å². The number of aromatic nitrogens is 2. The van der Waals surface area contributed by atoms with Crippen molar-refractivity contribution in [1.82, 2.24) is 10.2 Å². The van der Waals surface area contributed by atoms with Gasteiger partial charge in [-0.25, -0.2) is 0 Å². The van der Waals surface area contributed by atoms with E-state index in [9.17, 15) is 15.0 Å². The molecule has 3 N–H and O–H groups in total. The Balaban J connectivity index is 2.16. The molecule has 0 spiro atoms. The van der Waals surface area contributed by atoms with Gasteiger partial charge in [-0.05, 0) is 30.2 Å². The summed E-state index contributed by atoms with van der Waals surface area (Å²) in [6.07, 6.45) is 8.68. The average Bonchev–Trinajstić information content (AvgIpc) is 2.88. The maximum atomic E-state index is 11.4. The Bertz CT molecular complexity index is 925. The number of hydrogen-bond donors (Lipinski definition) is 3. The number of aromatic amines is 1. The van der Waals surface area contributed by atoms with Crippen LogP contribution in [0.15, 0.2) is 42.2 Å². The summed E-state index contributed by atoms with van der Waals surface area (Å²) in [5, 5.41) is 26.7. The van der Waals surface area contributed by atoms with Crippen LogP contribution in [-0.4, -0.2) is 33.8 Å². The van der Waals surface area contributed by atoms with Crippen LogP contribution in [0.5, 0.6) is 11.5 Å². The van der Waals surface area contributed by atoms with E-state index in [1.165, 1.54) is 6.07 Å². The minimum absolute atomic E-state index is 0.0723. The molecule has 1 aliphatic rings. The number of aldehydes is 1. The van der Waals surface area contributed by atoms with Gasteiger partial charge in [-0.15, -0.1) is 0 Å². The minimum atomic E-state index is -0.238. The van der Waals surface area contributed by atoms with Gasteiger partial charge in [-0.1, -0.05) is 23.8 Å². The molecule has 1 heterocycles. The lowest BCUT2D eigenvalue weighted by Crippen LogP contribution is -1.91. The van der Waals surface area contributed by atoms with E-state index >= 15 is 0 Å². The zero-order chi connectivity index (χ0) is 18.0. The fourth-order valence-corrected chi connectivity index (χ4v) is 2.78. The van der Waals surface area contributed by atoms with E-state index in [1.54, 1.807) is 13.2 Å². The first-order valence-corrected chi connectivity index (χ1v) is 7.81. The molecule has 1 aliphatic carbocycles. The standard InChI is InChI=1S/C18H15ClN2O4/c1-25-11-4-2-3-10(5-6-11)17-14(9-22)20-21-18(17)12-7-13(19)16(24)8-15(12)23/h3-9,23-24H,2H2,1H3,(H,20,21). The average molecular weight is 359 g/mol. The number of phenolic OH excluding ortho intramolecular Hbond substituents is 2. The van der Waals surface area contributed by atoms with Crippen molar-refractivity contribution in [2.24, 2.45) is 0 Å². The molecule has 0 atom stereocenters. The van der Waals surface area contributed by atoms with Crippen LogP contribution in [-0.2, 0) is 4.74 Å². The van der Waals surface area contributed by atoms with Gasteiger partial charge >= 0.3 is 0 Å². The minimum Gasteiger partial charge on any atom is -0.507 e. The molecule has 3 rings (SSSR count). The first-order chi connectivity index (χ1) is 12.0. The second-order valence-corrected chi connectivity index (χ2v) is 5.75. The van der Waals surface area contributed by atoms with Crippen LogP contribution in [0.2, 0.25) is 5.02 Å². The molecule has 6 nitrogen and oxygen atoms in total. The number of aromatic hydroxyl groups is 2. The molecule has 1 aromatic heterocycles. The van der Waals surface area contributed by atoms with Crippen molar-refractivity contribution in [2.75, 3.05) is 7.11 Å². The molecule has 128 valence electrons. The summed E-state index contributed by atoms with van der Waals surface area (Å²) in [6.45, 7) is 0. The summed E-state index contributed by atoms with van der Waals surface area (Å²) in [7, 11) is 1.58. The predicted molar refractivity (Wildman–Crippen MR) is 94.6 cm³/mol. The first-order valence-electron chi connectivity index (χ1n) is 7.43. The van der Waals surface area contributed by atoms with Crippen molar-refractivity contribution in [3.8, 4) is 22.8 Å². The summed E-state index contributed by atoms with van der Waals surface area (Å²) in [5.41, 5.74) is 2.22. The van der Waals surface area contributed by atoms with Crippen LogP contribution in [0.4, 0.5) is 0 Å². The highest BCUT2D eigenvalue weighted by Crippen LogP contribution is 2.40. The number of nitrogens with zero attached hydrogens (tertiary/aromatic N) is 1. The van der Waals surface area contributed by atoms with Gasteiger partial charge in [0.05, 0.1) is 12.1 Å². The fourth-order valence-electron chi connectivity index (χ4n) is 2.62. The monoisotopic (exact) mass is 358 g/mol. The van der Waals surface area contributed by atoms with Crippen LogP contribution >= 0.6 is 11.6 Å². The van der Waals surface area contributed by atoms with Gasteiger partial charge in [-0.3, -0.25) is 9.89 Å². The molecule has 0 amide bonds. The topological polar surface area (TPSA) is 95.4 Å². The van der Waals surface area contributed by atoms with Crippen LogP contribution in [0, 0.1) is 0 Å². The van der Waals surface area contributed by atoms with Crippen LogP contribution in [0.3, 0.4) is 0 Å². The number of methoxy groups -OCH3 is 1. The van der Waals surface area contributed by atoms with Crippen molar-refractivity contribution in [1.29, 1.82) is 0 Å². The highest BCUT2D eigenvalue weighted by atomic mass is 35.5. The fraction of sp³-hybridized carbons (Fsp3) is 0.111. The number of ether oxygens (including phenoxy) is 1. The Hall–Kier alpha value is -2.99. The lowest BCUT2D eigenvalue weighted by atomic mass is 9.97. The Morgan fingerprint density at radius 2 is 2.04 bits per heavy atom. The summed E-state index contributed by atoms with van der Waals surface area (Å²) in [6, 6.07) is 2.54. The Kier molecular flexibility index (Phi) is 4.63. The molecule has 0 unspecified atom stereocenters. The van der Waals surface area contributed by atoms with Crippen LogP contribution in [0.25, 0.3) is 16.8 Å². The highest BCUT2D eigenvalue weighted by molar-refractivity contribution is 6.32.